The van der Waals surface area contributed by atoms with Gasteiger partial charge < -0.3 is 15.2 Å². The first-order chi connectivity index (χ1) is 9.52. The van der Waals surface area contributed by atoms with E-state index in [4.69, 9.17) is 9.84 Å². The first-order valence-corrected chi connectivity index (χ1v) is 6.31. The Kier molecular flexibility index (Phi) is 6.46. The van der Waals surface area contributed by atoms with Gasteiger partial charge in [0.05, 0.1) is 6.61 Å². The molecule has 0 heterocycles. The van der Waals surface area contributed by atoms with Crippen LogP contribution in [0.5, 0.6) is 0 Å². The van der Waals surface area contributed by atoms with Crippen LogP contribution in [0.3, 0.4) is 0 Å². The maximum absolute atomic E-state index is 11.9. The largest absolute Gasteiger partial charge is 0.478 e. The van der Waals surface area contributed by atoms with E-state index in [0.29, 0.717) is 18.7 Å². The molecule has 0 aliphatic carbocycles. The van der Waals surface area contributed by atoms with Crippen molar-refractivity contribution in [2.45, 2.75) is 6.92 Å². The van der Waals surface area contributed by atoms with Crippen molar-refractivity contribution in [2.75, 3.05) is 20.3 Å². The summed E-state index contributed by atoms with van der Waals surface area (Å²) in [4.78, 5) is 22.3. The molecule has 0 aliphatic heterocycles. The van der Waals surface area contributed by atoms with Gasteiger partial charge in [-0.25, -0.2) is 4.79 Å². The van der Waals surface area contributed by atoms with Crippen molar-refractivity contribution in [2.24, 2.45) is 5.92 Å². The molecule has 1 aromatic carbocycles. The van der Waals surface area contributed by atoms with E-state index in [1.54, 1.807) is 31.4 Å². The molecule has 1 unspecified atom stereocenters. The van der Waals surface area contributed by atoms with E-state index in [9.17, 15) is 9.59 Å². The number of methoxy groups -OCH3 is 1. The summed E-state index contributed by atoms with van der Waals surface area (Å²) in [6.07, 6.45) is 2.53. The minimum Gasteiger partial charge on any atom is -0.478 e. The molecule has 0 spiro atoms. The Labute approximate surface area is 118 Å². The summed E-state index contributed by atoms with van der Waals surface area (Å²) < 4.78 is 5.00. The summed E-state index contributed by atoms with van der Waals surface area (Å²) in [5.41, 5.74) is 1.28. The molecule has 0 radical (unpaired) electrons. The minimum absolute atomic E-state index is 0.151. The smallest absolute Gasteiger partial charge is 0.328 e. The lowest BCUT2D eigenvalue weighted by atomic mass is 10.1. The highest BCUT2D eigenvalue weighted by Crippen LogP contribution is 2.06. The second-order valence-electron chi connectivity index (χ2n) is 4.56. The highest BCUT2D eigenvalue weighted by molar-refractivity contribution is 5.94. The average Bonchev–Trinajstić information content (AvgIpc) is 2.43. The Bertz CT molecular complexity index is 479. The average molecular weight is 277 g/mol. The molecular weight excluding hydrogens is 258 g/mol. The zero-order valence-corrected chi connectivity index (χ0v) is 11.6. The second kappa shape index (κ2) is 8.12. The number of amides is 1. The molecule has 108 valence electrons. The van der Waals surface area contributed by atoms with Gasteiger partial charge in [0.25, 0.3) is 5.91 Å². The van der Waals surface area contributed by atoms with E-state index in [2.05, 4.69) is 5.32 Å². The molecule has 1 amide bonds. The van der Waals surface area contributed by atoms with E-state index in [1.165, 1.54) is 6.08 Å². The van der Waals surface area contributed by atoms with Gasteiger partial charge in [0.2, 0.25) is 0 Å². The summed E-state index contributed by atoms with van der Waals surface area (Å²) in [7, 11) is 1.63. The number of hydrogen-bond donors (Lipinski definition) is 2. The van der Waals surface area contributed by atoms with Crippen LogP contribution in [0.25, 0.3) is 6.08 Å². The number of hydrogen-bond acceptors (Lipinski definition) is 3. The molecule has 0 saturated carbocycles. The third-order valence-electron chi connectivity index (χ3n) is 2.65. The summed E-state index contributed by atoms with van der Waals surface area (Å²) in [6.45, 7) is 3.14. The fourth-order valence-corrected chi connectivity index (χ4v) is 1.63. The quantitative estimate of drug-likeness (QED) is 0.745. The summed E-state index contributed by atoms with van der Waals surface area (Å²) >= 11 is 0. The van der Waals surface area contributed by atoms with Crippen LogP contribution in [0.4, 0.5) is 0 Å². The Morgan fingerprint density at radius 1 is 1.35 bits per heavy atom. The maximum atomic E-state index is 11.9. The molecule has 1 rings (SSSR count). The van der Waals surface area contributed by atoms with Gasteiger partial charge in [-0.15, -0.1) is 0 Å². The van der Waals surface area contributed by atoms with Gasteiger partial charge in [0.1, 0.15) is 0 Å². The highest BCUT2D eigenvalue weighted by Gasteiger charge is 2.07. The molecule has 0 aromatic heterocycles. The minimum atomic E-state index is -1.00. The summed E-state index contributed by atoms with van der Waals surface area (Å²) in [5.74, 6) is -0.901. The van der Waals surface area contributed by atoms with Gasteiger partial charge >= 0.3 is 5.97 Å². The van der Waals surface area contributed by atoms with Crippen LogP contribution >= 0.6 is 0 Å². The predicted octanol–water partition coefficient (Wildman–Crippen LogP) is 1.80. The van der Waals surface area contributed by atoms with Gasteiger partial charge in [-0.05, 0) is 29.7 Å². The number of carboxylic acid groups (broad SMARTS) is 1. The monoisotopic (exact) mass is 277 g/mol. The van der Waals surface area contributed by atoms with Gasteiger partial charge in [-0.3, -0.25) is 4.79 Å². The third-order valence-corrected chi connectivity index (χ3v) is 2.65. The summed E-state index contributed by atoms with van der Waals surface area (Å²) in [5, 5.41) is 11.3. The molecule has 20 heavy (non-hydrogen) atoms. The number of carboxylic acids is 1. The Morgan fingerprint density at radius 2 is 2.00 bits per heavy atom. The van der Waals surface area contributed by atoms with Gasteiger partial charge in [-0.2, -0.15) is 0 Å². The number of aliphatic carboxylic acids is 1. The van der Waals surface area contributed by atoms with E-state index in [1.807, 2.05) is 6.92 Å². The number of rotatable bonds is 7. The predicted molar refractivity (Wildman–Crippen MR) is 76.5 cm³/mol. The topological polar surface area (TPSA) is 75.6 Å². The lowest BCUT2D eigenvalue weighted by molar-refractivity contribution is -0.131. The molecule has 2 N–H and O–H groups in total. The first kappa shape index (κ1) is 15.9. The fraction of sp³-hybridized carbons (Fsp3) is 0.333. The standard InChI is InChI=1S/C15H19NO4/c1-11(10-20-2)9-16-15(19)13-6-3-12(4-7-13)5-8-14(17)18/h3-8,11H,9-10H2,1-2H3,(H,16,19)(H,17,18). The van der Waals surface area contributed by atoms with Crippen molar-refractivity contribution in [1.82, 2.24) is 5.32 Å². The molecule has 0 bridgehead atoms. The second-order valence-corrected chi connectivity index (χ2v) is 4.56. The number of carbonyl (C=O) groups excluding carboxylic acids is 1. The van der Waals surface area contributed by atoms with E-state index in [-0.39, 0.29) is 11.8 Å². The van der Waals surface area contributed by atoms with E-state index < -0.39 is 5.97 Å². The molecule has 0 saturated heterocycles. The lowest BCUT2D eigenvalue weighted by Crippen LogP contribution is -2.29. The Balaban J connectivity index is 2.55. The van der Waals surface area contributed by atoms with Crippen LogP contribution in [0, 0.1) is 5.92 Å². The van der Waals surface area contributed by atoms with Crippen LogP contribution in [0.1, 0.15) is 22.8 Å². The van der Waals surface area contributed by atoms with E-state index >= 15 is 0 Å². The zero-order chi connectivity index (χ0) is 15.0. The van der Waals surface area contributed by atoms with Crippen molar-refractivity contribution in [3.05, 3.63) is 41.5 Å². The number of carbonyl (C=O) groups is 2. The summed E-state index contributed by atoms with van der Waals surface area (Å²) in [6, 6.07) is 6.73. The number of benzene rings is 1. The van der Waals surface area contributed by atoms with Crippen LogP contribution in [0.15, 0.2) is 30.3 Å². The zero-order valence-electron chi connectivity index (χ0n) is 11.6. The van der Waals surface area contributed by atoms with E-state index in [0.717, 1.165) is 11.6 Å². The van der Waals surface area contributed by atoms with Crippen molar-refractivity contribution >= 4 is 18.0 Å². The van der Waals surface area contributed by atoms with Gasteiger partial charge in [0.15, 0.2) is 0 Å². The maximum Gasteiger partial charge on any atom is 0.328 e. The van der Waals surface area contributed by atoms with Crippen LogP contribution < -0.4 is 5.32 Å². The molecule has 5 heteroatoms. The number of ether oxygens (including phenoxy) is 1. The molecular formula is C15H19NO4. The molecule has 0 aliphatic rings. The van der Waals surface area contributed by atoms with Crippen LogP contribution in [-0.4, -0.2) is 37.2 Å². The molecule has 0 fully saturated rings. The Hall–Kier alpha value is -2.14. The van der Waals surface area contributed by atoms with Crippen molar-refractivity contribution in [3.8, 4) is 0 Å². The highest BCUT2D eigenvalue weighted by atomic mass is 16.5. The van der Waals surface area contributed by atoms with Crippen LogP contribution in [0.2, 0.25) is 0 Å². The lowest BCUT2D eigenvalue weighted by Gasteiger charge is -2.11. The third kappa shape index (κ3) is 5.67. The van der Waals surface area contributed by atoms with Crippen LogP contribution in [-0.2, 0) is 9.53 Å². The molecule has 5 nitrogen and oxygen atoms in total. The number of nitrogens with one attached hydrogen (secondary N) is 1. The first-order valence-electron chi connectivity index (χ1n) is 6.31. The fourth-order valence-electron chi connectivity index (χ4n) is 1.63. The Morgan fingerprint density at radius 3 is 2.55 bits per heavy atom. The molecule has 1 aromatic rings. The SMILES string of the molecule is COCC(C)CNC(=O)c1ccc(C=CC(=O)O)cc1. The normalized spacial score (nSPS) is 12.3. The molecule has 1 atom stereocenters. The van der Waals surface area contributed by atoms with Crippen molar-refractivity contribution in [3.63, 3.8) is 0 Å². The van der Waals surface area contributed by atoms with Crippen molar-refractivity contribution < 1.29 is 19.4 Å². The van der Waals surface area contributed by atoms with Gasteiger partial charge in [-0.1, -0.05) is 19.1 Å². The van der Waals surface area contributed by atoms with Gasteiger partial charge in [0, 0.05) is 25.3 Å². The van der Waals surface area contributed by atoms with Crippen molar-refractivity contribution in [1.29, 1.82) is 0 Å².